The van der Waals surface area contributed by atoms with Crippen LogP contribution in [0.3, 0.4) is 0 Å². The van der Waals surface area contributed by atoms with Gasteiger partial charge in [0.1, 0.15) is 0 Å². The smallest absolute Gasteiger partial charge is 0.220 e. The summed E-state index contributed by atoms with van der Waals surface area (Å²) in [4.78, 5) is 37.0. The van der Waals surface area contributed by atoms with E-state index in [0.29, 0.717) is 54.3 Å². The lowest BCUT2D eigenvalue weighted by Crippen LogP contribution is -2.26. The number of hydrogen-bond donors (Lipinski definition) is 4. The van der Waals surface area contributed by atoms with Crippen molar-refractivity contribution >= 4 is 17.5 Å². The van der Waals surface area contributed by atoms with Crippen LogP contribution in [-0.2, 0) is 16.0 Å². The number of unbranched alkanes of at least 4 members (excludes halogenated alkanes) is 2. The van der Waals surface area contributed by atoms with E-state index in [1.165, 1.54) is 6.92 Å². The average molecular weight is 542 g/mol. The van der Waals surface area contributed by atoms with Crippen LogP contribution in [-0.4, -0.2) is 57.9 Å². The van der Waals surface area contributed by atoms with Crippen molar-refractivity contribution in [2.75, 3.05) is 46.3 Å². The summed E-state index contributed by atoms with van der Waals surface area (Å²) in [7, 11) is 4.69. The number of carbonyl (C=O) groups is 2. The van der Waals surface area contributed by atoms with E-state index in [2.05, 4.69) is 16.0 Å². The van der Waals surface area contributed by atoms with E-state index in [9.17, 15) is 14.4 Å². The standard InChI is InChI=1S/C29H39N3O7/c1-18(34)32-22-11-9-19-16-25(37-2)28(38-3)29(39-4)27(19)20-10-12-23(24(35)17-21(20)22)30-13-7-5-6-8-26(36)31-14-15-33/h10,12,16-17,22,33H,5-9,11,13-15H2,1-4H3,(H,30,35)(H,31,36)(H,32,34). The topological polar surface area (TPSA) is 135 Å². The van der Waals surface area contributed by atoms with Gasteiger partial charge in [-0.05, 0) is 60.6 Å². The molecule has 0 saturated heterocycles. The SMILES string of the molecule is COc1cc2c(c(OC)c1OC)-c1ccc(NCCCCCC(=O)NCCO)c(=O)cc1C(NC(C)=O)CC2. The van der Waals surface area contributed by atoms with E-state index in [-0.39, 0.29) is 36.4 Å². The van der Waals surface area contributed by atoms with Gasteiger partial charge in [0, 0.05) is 32.0 Å². The third-order valence-corrected chi connectivity index (χ3v) is 6.75. The number of carbonyl (C=O) groups excluding carboxylic acids is 2. The highest BCUT2D eigenvalue weighted by molar-refractivity contribution is 5.83. The third-order valence-electron chi connectivity index (χ3n) is 6.75. The van der Waals surface area contributed by atoms with Crippen LogP contribution in [0.15, 0.2) is 29.1 Å². The van der Waals surface area contributed by atoms with Crippen LogP contribution in [0.2, 0.25) is 0 Å². The molecule has 2 amide bonds. The fourth-order valence-corrected chi connectivity index (χ4v) is 4.95. The molecule has 10 heteroatoms. The number of methoxy groups -OCH3 is 3. The summed E-state index contributed by atoms with van der Waals surface area (Å²) in [6, 6.07) is 6.80. The number of rotatable bonds is 13. The zero-order valence-corrected chi connectivity index (χ0v) is 23.1. The Bertz CT molecular complexity index is 1230. The molecule has 3 rings (SSSR count). The van der Waals surface area contributed by atoms with E-state index in [1.54, 1.807) is 33.5 Å². The van der Waals surface area contributed by atoms with Gasteiger partial charge in [0.25, 0.3) is 0 Å². The second-order valence-electron chi connectivity index (χ2n) is 9.41. The van der Waals surface area contributed by atoms with Gasteiger partial charge in [0.2, 0.25) is 23.0 Å². The minimum atomic E-state index is -0.364. The number of nitrogens with one attached hydrogen (secondary N) is 3. The molecule has 1 aliphatic carbocycles. The molecule has 0 aliphatic heterocycles. The Kier molecular flexibility index (Phi) is 11.0. The van der Waals surface area contributed by atoms with Gasteiger partial charge in [-0.1, -0.05) is 12.5 Å². The Balaban J connectivity index is 1.92. The summed E-state index contributed by atoms with van der Waals surface area (Å²) in [6.45, 7) is 2.23. The molecule has 2 aromatic rings. The van der Waals surface area contributed by atoms with Gasteiger partial charge in [0.15, 0.2) is 11.5 Å². The predicted molar refractivity (Wildman–Crippen MR) is 150 cm³/mol. The first-order chi connectivity index (χ1) is 18.8. The lowest BCUT2D eigenvalue weighted by molar-refractivity contribution is -0.121. The van der Waals surface area contributed by atoms with Crippen molar-refractivity contribution in [1.29, 1.82) is 0 Å². The maximum Gasteiger partial charge on any atom is 0.220 e. The van der Waals surface area contributed by atoms with Crippen LogP contribution in [0.4, 0.5) is 5.69 Å². The van der Waals surface area contributed by atoms with Crippen molar-refractivity contribution < 1.29 is 28.9 Å². The van der Waals surface area contributed by atoms with Crippen LogP contribution in [0.1, 0.15) is 56.2 Å². The molecule has 0 heterocycles. The van der Waals surface area contributed by atoms with Crippen molar-refractivity contribution in [3.63, 3.8) is 0 Å². The number of aliphatic hydroxyl groups excluding tert-OH is 1. The van der Waals surface area contributed by atoms with Gasteiger partial charge in [-0.25, -0.2) is 0 Å². The Labute approximate surface area is 229 Å². The highest BCUT2D eigenvalue weighted by Gasteiger charge is 2.29. The van der Waals surface area contributed by atoms with Gasteiger partial charge in [-0.2, -0.15) is 0 Å². The van der Waals surface area contributed by atoms with Gasteiger partial charge in [-0.3, -0.25) is 14.4 Å². The van der Waals surface area contributed by atoms with Crippen LogP contribution in [0.5, 0.6) is 17.2 Å². The monoisotopic (exact) mass is 541 g/mol. The van der Waals surface area contributed by atoms with Crippen LogP contribution in [0, 0.1) is 0 Å². The van der Waals surface area contributed by atoms with Gasteiger partial charge in [-0.15, -0.1) is 0 Å². The van der Waals surface area contributed by atoms with Crippen molar-refractivity contribution in [3.8, 4) is 28.4 Å². The molecular weight excluding hydrogens is 502 g/mol. The number of aliphatic hydroxyl groups is 1. The minimum Gasteiger partial charge on any atom is -0.493 e. The lowest BCUT2D eigenvalue weighted by atomic mass is 9.95. The number of benzene rings is 1. The normalized spacial score (nSPS) is 13.8. The van der Waals surface area contributed by atoms with Gasteiger partial charge < -0.3 is 35.3 Å². The second kappa shape index (κ2) is 14.4. The van der Waals surface area contributed by atoms with E-state index in [4.69, 9.17) is 19.3 Å². The maximum atomic E-state index is 13.3. The fraction of sp³-hybridized carbons (Fsp3) is 0.483. The summed E-state index contributed by atoms with van der Waals surface area (Å²) in [6.07, 6.45) is 3.95. The summed E-state index contributed by atoms with van der Waals surface area (Å²) >= 11 is 0. The molecule has 0 saturated carbocycles. The number of ether oxygens (including phenoxy) is 3. The summed E-state index contributed by atoms with van der Waals surface area (Å²) in [5.41, 5.74) is 3.53. The Hall–Kier alpha value is -3.79. The molecule has 0 bridgehead atoms. The average Bonchev–Trinajstić information content (AvgIpc) is 3.16. The van der Waals surface area contributed by atoms with Crippen molar-refractivity contribution in [2.45, 2.75) is 51.5 Å². The van der Waals surface area contributed by atoms with Crippen LogP contribution < -0.4 is 35.6 Å². The van der Waals surface area contributed by atoms with E-state index >= 15 is 0 Å². The molecule has 10 nitrogen and oxygen atoms in total. The second-order valence-corrected chi connectivity index (χ2v) is 9.41. The number of amides is 2. The highest BCUT2D eigenvalue weighted by Crippen LogP contribution is 2.50. The first-order valence-electron chi connectivity index (χ1n) is 13.2. The molecule has 0 radical (unpaired) electrons. The largest absolute Gasteiger partial charge is 0.493 e. The zero-order valence-electron chi connectivity index (χ0n) is 23.1. The lowest BCUT2D eigenvalue weighted by Gasteiger charge is -2.19. The van der Waals surface area contributed by atoms with Crippen molar-refractivity contribution in [2.24, 2.45) is 0 Å². The fourth-order valence-electron chi connectivity index (χ4n) is 4.95. The van der Waals surface area contributed by atoms with E-state index < -0.39 is 0 Å². The van der Waals surface area contributed by atoms with Gasteiger partial charge >= 0.3 is 0 Å². The highest BCUT2D eigenvalue weighted by atomic mass is 16.5. The van der Waals surface area contributed by atoms with E-state index in [0.717, 1.165) is 36.0 Å². The molecule has 0 fully saturated rings. The minimum absolute atomic E-state index is 0.0726. The molecule has 4 N–H and O–H groups in total. The Morgan fingerprint density at radius 1 is 1.00 bits per heavy atom. The molecule has 212 valence electrons. The predicted octanol–water partition coefficient (Wildman–Crippen LogP) is 2.94. The summed E-state index contributed by atoms with van der Waals surface area (Å²) in [5, 5.41) is 17.7. The van der Waals surface area contributed by atoms with Gasteiger partial charge in [0.05, 0.1) is 39.7 Å². The first-order valence-corrected chi connectivity index (χ1v) is 13.2. The Morgan fingerprint density at radius 3 is 2.44 bits per heavy atom. The summed E-state index contributed by atoms with van der Waals surface area (Å²) in [5.74, 6) is 1.26. The third kappa shape index (κ3) is 7.41. The van der Waals surface area contributed by atoms with E-state index in [1.807, 2.05) is 12.1 Å². The van der Waals surface area contributed by atoms with Crippen LogP contribution in [0.25, 0.3) is 11.1 Å². The molecule has 1 unspecified atom stereocenters. The molecule has 1 atom stereocenters. The first kappa shape index (κ1) is 29.8. The zero-order chi connectivity index (χ0) is 28.4. The molecule has 1 aliphatic rings. The molecular formula is C29H39N3O7. The van der Waals surface area contributed by atoms with Crippen molar-refractivity contribution in [1.82, 2.24) is 10.6 Å². The number of fused-ring (bicyclic) bond motifs is 3. The maximum absolute atomic E-state index is 13.3. The molecule has 2 aromatic carbocycles. The number of hydrogen-bond acceptors (Lipinski definition) is 8. The molecule has 39 heavy (non-hydrogen) atoms. The molecule has 0 aromatic heterocycles. The number of aryl methyl sites for hydroxylation is 1. The Morgan fingerprint density at radius 2 is 1.77 bits per heavy atom. The number of anilines is 1. The van der Waals surface area contributed by atoms with Crippen molar-refractivity contribution in [3.05, 3.63) is 45.6 Å². The quantitative estimate of drug-likeness (QED) is 0.284. The van der Waals surface area contributed by atoms with Crippen LogP contribution >= 0.6 is 0 Å². The summed E-state index contributed by atoms with van der Waals surface area (Å²) < 4.78 is 17.0. The molecule has 0 spiro atoms.